The van der Waals surface area contributed by atoms with Crippen LogP contribution in [0.4, 0.5) is 4.79 Å². The van der Waals surface area contributed by atoms with Crippen molar-refractivity contribution in [1.29, 1.82) is 0 Å². The molecule has 6 heteroatoms. The number of aliphatic hydroxyl groups is 1. The predicted molar refractivity (Wildman–Crippen MR) is 149 cm³/mol. The van der Waals surface area contributed by atoms with Crippen LogP contribution in [0.5, 0.6) is 0 Å². The van der Waals surface area contributed by atoms with Crippen LogP contribution < -0.4 is 10.4 Å². The number of ether oxygens (including phenoxy) is 1. The first-order valence-corrected chi connectivity index (χ1v) is 15.2. The largest absolute Gasteiger partial charge is 0.444 e. The molecule has 1 saturated heterocycles. The summed E-state index contributed by atoms with van der Waals surface area (Å²) in [4.78, 5) is 14.8. The van der Waals surface area contributed by atoms with Crippen molar-refractivity contribution in [3.63, 3.8) is 0 Å². The Hall–Kier alpha value is -2.15. The van der Waals surface area contributed by atoms with Crippen molar-refractivity contribution >= 4 is 24.8 Å². The first-order chi connectivity index (χ1) is 16.8. The van der Waals surface area contributed by atoms with E-state index in [2.05, 4.69) is 69.3 Å². The van der Waals surface area contributed by atoms with E-state index in [-0.39, 0.29) is 11.1 Å². The molecule has 1 amide bonds. The number of benzene rings is 2. The summed E-state index contributed by atoms with van der Waals surface area (Å²) in [6.45, 7) is 15.4. The van der Waals surface area contributed by atoms with Crippen LogP contribution in [0.1, 0.15) is 74.1 Å². The summed E-state index contributed by atoms with van der Waals surface area (Å²) in [6, 6.07) is 21.3. The first-order valence-electron chi connectivity index (χ1n) is 13.3. The fraction of sp³-hybridized carbons (Fsp3) is 0.567. The molecule has 0 radical (unpaired) electrons. The highest BCUT2D eigenvalue weighted by molar-refractivity contribution is 6.99. The second-order valence-electron chi connectivity index (χ2n) is 12.1. The first kappa shape index (κ1) is 28.4. The van der Waals surface area contributed by atoms with Crippen LogP contribution in [0.15, 0.2) is 60.7 Å². The summed E-state index contributed by atoms with van der Waals surface area (Å²) in [7, 11) is -2.62. The van der Waals surface area contributed by atoms with Gasteiger partial charge in [-0.1, -0.05) is 81.4 Å². The number of carbonyl (C=O) groups excluding carboxylic acids is 1. The van der Waals surface area contributed by atoms with Crippen molar-refractivity contribution in [3.8, 4) is 0 Å². The highest BCUT2D eigenvalue weighted by atomic mass is 28.4. The van der Waals surface area contributed by atoms with Crippen LogP contribution in [0.25, 0.3) is 0 Å². The third kappa shape index (κ3) is 5.87. The molecule has 0 saturated carbocycles. The molecule has 1 fully saturated rings. The van der Waals surface area contributed by atoms with Crippen LogP contribution in [-0.4, -0.2) is 54.8 Å². The minimum Gasteiger partial charge on any atom is -0.444 e. The van der Waals surface area contributed by atoms with Gasteiger partial charge in [0.25, 0.3) is 8.32 Å². The molecule has 2 aromatic carbocycles. The maximum absolute atomic E-state index is 13.0. The lowest BCUT2D eigenvalue weighted by Gasteiger charge is -2.44. The van der Waals surface area contributed by atoms with Gasteiger partial charge in [-0.15, -0.1) is 0 Å². The normalized spacial score (nSPS) is 19.8. The number of carbonyl (C=O) groups is 1. The molecule has 36 heavy (non-hydrogen) atoms. The van der Waals surface area contributed by atoms with Gasteiger partial charge < -0.3 is 14.3 Å². The molecule has 0 bridgehead atoms. The maximum Gasteiger partial charge on any atom is 0.410 e. The van der Waals surface area contributed by atoms with Crippen molar-refractivity contribution in [2.45, 2.75) is 96.4 Å². The SMILES string of the molecule is CC(O)C1(CCCO[Si](c2ccccc2)(c2ccccc2)C(C)(C)C)CCCN1C(=O)OC(C)(C)C. The van der Waals surface area contributed by atoms with Gasteiger partial charge in [0.1, 0.15) is 5.60 Å². The van der Waals surface area contributed by atoms with Gasteiger partial charge in [-0.25, -0.2) is 4.79 Å². The van der Waals surface area contributed by atoms with Gasteiger partial charge in [-0.3, -0.25) is 4.90 Å². The highest BCUT2D eigenvalue weighted by Crippen LogP contribution is 2.39. The molecule has 2 aromatic rings. The number of amides is 1. The van der Waals surface area contributed by atoms with Crippen molar-refractivity contribution in [1.82, 2.24) is 4.90 Å². The molecule has 2 atom stereocenters. The Morgan fingerprint density at radius 3 is 1.97 bits per heavy atom. The minimum absolute atomic E-state index is 0.0897. The Morgan fingerprint density at radius 1 is 1.00 bits per heavy atom. The second kappa shape index (κ2) is 11.1. The van der Waals surface area contributed by atoms with Gasteiger partial charge >= 0.3 is 6.09 Å². The summed E-state index contributed by atoms with van der Waals surface area (Å²) < 4.78 is 12.7. The average Bonchev–Trinajstić information content (AvgIpc) is 3.24. The topological polar surface area (TPSA) is 59.0 Å². The lowest BCUT2D eigenvalue weighted by molar-refractivity contribution is -0.0321. The summed E-state index contributed by atoms with van der Waals surface area (Å²) in [5, 5.41) is 13.3. The van der Waals surface area contributed by atoms with E-state index in [0.717, 1.165) is 19.3 Å². The van der Waals surface area contributed by atoms with Gasteiger partial charge in [-0.2, -0.15) is 0 Å². The number of aliphatic hydroxyl groups excluding tert-OH is 1. The average molecular weight is 512 g/mol. The Balaban J connectivity index is 1.85. The molecule has 1 aliphatic rings. The van der Waals surface area contributed by atoms with Crippen molar-refractivity contribution < 1.29 is 19.1 Å². The molecule has 1 N–H and O–H groups in total. The van der Waals surface area contributed by atoms with Crippen LogP contribution in [0.2, 0.25) is 5.04 Å². The van der Waals surface area contributed by atoms with Crippen LogP contribution >= 0.6 is 0 Å². The van der Waals surface area contributed by atoms with Crippen molar-refractivity contribution in [2.24, 2.45) is 0 Å². The van der Waals surface area contributed by atoms with Crippen molar-refractivity contribution in [3.05, 3.63) is 60.7 Å². The van der Waals surface area contributed by atoms with Crippen LogP contribution in [0.3, 0.4) is 0 Å². The third-order valence-electron chi connectivity index (χ3n) is 7.41. The van der Waals surface area contributed by atoms with Gasteiger partial charge in [0.2, 0.25) is 0 Å². The van der Waals surface area contributed by atoms with E-state index in [0.29, 0.717) is 19.6 Å². The number of rotatable bonds is 8. The zero-order chi connectivity index (χ0) is 26.6. The van der Waals surface area contributed by atoms with E-state index >= 15 is 0 Å². The molecule has 5 nitrogen and oxygen atoms in total. The molecule has 2 unspecified atom stereocenters. The zero-order valence-electron chi connectivity index (χ0n) is 23.2. The Labute approximate surface area is 218 Å². The van der Waals surface area contributed by atoms with E-state index < -0.39 is 25.6 Å². The quantitative estimate of drug-likeness (QED) is 0.376. The molecule has 3 rings (SSSR count). The molecule has 0 spiro atoms. The summed E-state index contributed by atoms with van der Waals surface area (Å²) >= 11 is 0. The van der Waals surface area contributed by atoms with E-state index in [1.807, 2.05) is 32.9 Å². The van der Waals surface area contributed by atoms with Crippen molar-refractivity contribution in [2.75, 3.05) is 13.2 Å². The lowest BCUT2D eigenvalue weighted by atomic mass is 9.85. The number of hydrogen-bond acceptors (Lipinski definition) is 4. The Morgan fingerprint density at radius 2 is 1.53 bits per heavy atom. The predicted octanol–water partition coefficient (Wildman–Crippen LogP) is 5.49. The van der Waals surface area contributed by atoms with E-state index in [4.69, 9.17) is 9.16 Å². The van der Waals surface area contributed by atoms with Crippen LogP contribution in [0, 0.1) is 0 Å². The molecule has 0 aliphatic carbocycles. The maximum atomic E-state index is 13.0. The Kier molecular flexibility index (Phi) is 8.74. The smallest absolute Gasteiger partial charge is 0.410 e. The number of nitrogens with zero attached hydrogens (tertiary/aromatic N) is 1. The van der Waals surface area contributed by atoms with E-state index in [1.54, 1.807) is 11.8 Å². The van der Waals surface area contributed by atoms with Gasteiger partial charge in [0.15, 0.2) is 0 Å². The monoisotopic (exact) mass is 511 g/mol. The molecular formula is C30H45NO4Si. The molecular weight excluding hydrogens is 466 g/mol. The molecule has 198 valence electrons. The summed E-state index contributed by atoms with van der Waals surface area (Å²) in [5.41, 5.74) is -1.20. The minimum atomic E-state index is -2.62. The fourth-order valence-electron chi connectivity index (χ4n) is 5.76. The van der Waals surface area contributed by atoms with Gasteiger partial charge in [-0.05, 0) is 68.8 Å². The van der Waals surface area contributed by atoms with E-state index in [9.17, 15) is 9.90 Å². The Bertz CT molecular complexity index is 942. The fourth-order valence-corrected chi connectivity index (χ4v) is 10.4. The van der Waals surface area contributed by atoms with Gasteiger partial charge in [0.05, 0.1) is 11.6 Å². The molecule has 0 aromatic heterocycles. The summed E-state index contributed by atoms with van der Waals surface area (Å²) in [5.74, 6) is 0. The summed E-state index contributed by atoms with van der Waals surface area (Å²) in [6.07, 6.45) is 2.05. The number of likely N-dealkylation sites (tertiary alicyclic amines) is 1. The third-order valence-corrected chi connectivity index (χ3v) is 12.5. The zero-order valence-corrected chi connectivity index (χ0v) is 24.2. The van der Waals surface area contributed by atoms with Gasteiger partial charge in [0, 0.05) is 13.2 Å². The highest BCUT2D eigenvalue weighted by Gasteiger charge is 2.51. The standard InChI is InChI=1S/C30H45NO4Si/c1-24(32)30(20-14-22-31(30)27(33)35-28(2,3)4)21-15-23-34-36(29(5,6)7,25-16-10-8-11-17-25)26-18-12-9-13-19-26/h8-13,16-19,24,32H,14-15,20-23H2,1-7H3. The lowest BCUT2D eigenvalue weighted by Crippen LogP contribution is -2.66. The van der Waals surface area contributed by atoms with E-state index in [1.165, 1.54) is 10.4 Å². The van der Waals surface area contributed by atoms with Crippen LogP contribution in [-0.2, 0) is 9.16 Å². The number of hydrogen-bond donors (Lipinski definition) is 1. The molecule has 1 aliphatic heterocycles. The molecule has 1 heterocycles. The second-order valence-corrected chi connectivity index (χ2v) is 16.4.